The molecule has 0 unspecified atom stereocenters. The van der Waals surface area contributed by atoms with Gasteiger partial charge >= 0.3 is 7.82 Å². The van der Waals surface area contributed by atoms with Crippen LogP contribution in [0.15, 0.2) is 24.3 Å². The molecule has 0 bridgehead atoms. The highest BCUT2D eigenvalue weighted by atomic mass is 31.2. The Bertz CT molecular complexity index is 399. The Kier molecular flexibility index (Phi) is 4.20. The summed E-state index contributed by atoms with van der Waals surface area (Å²) in [5.74, 6) is 0.0664. The van der Waals surface area contributed by atoms with Crippen LogP contribution in [0.25, 0.3) is 0 Å². The van der Waals surface area contributed by atoms with Crippen LogP contribution in [-0.4, -0.2) is 22.1 Å². The van der Waals surface area contributed by atoms with Crippen molar-refractivity contribution in [1.29, 1.82) is 0 Å². The number of hydrogen-bond donors (Lipinski definition) is 3. The van der Waals surface area contributed by atoms with Crippen LogP contribution in [0.1, 0.15) is 5.56 Å². The second-order valence-corrected chi connectivity index (χ2v) is 4.39. The second kappa shape index (κ2) is 5.23. The fourth-order valence-electron chi connectivity index (χ4n) is 1.14. The predicted molar refractivity (Wildman–Crippen MR) is 56.9 cm³/mol. The molecule has 0 amide bonds. The standard InChI is InChI=1S/C9H12NO5P/c10-8(6-11)5-7-1-3-9(4-2-7)15-16(12,13)14/h1-4,6,8H,5,10H2,(H2,12,13,14)/t8-/m0/s1. The van der Waals surface area contributed by atoms with Gasteiger partial charge in [-0.25, -0.2) is 4.57 Å². The molecule has 0 saturated heterocycles. The number of phosphoric ester groups is 1. The van der Waals surface area contributed by atoms with E-state index in [0.29, 0.717) is 12.7 Å². The number of benzene rings is 1. The lowest BCUT2D eigenvalue weighted by molar-refractivity contribution is -0.108. The molecular formula is C9H12NO5P. The van der Waals surface area contributed by atoms with Gasteiger partial charge in [0.25, 0.3) is 0 Å². The molecule has 0 aliphatic rings. The molecule has 1 atom stereocenters. The lowest BCUT2D eigenvalue weighted by Crippen LogP contribution is -2.23. The first-order valence-electron chi connectivity index (χ1n) is 4.45. The van der Waals surface area contributed by atoms with Crippen molar-refractivity contribution in [2.75, 3.05) is 0 Å². The molecule has 0 fully saturated rings. The molecule has 0 aliphatic carbocycles. The molecule has 7 heteroatoms. The zero-order valence-corrected chi connectivity index (χ0v) is 9.21. The van der Waals surface area contributed by atoms with E-state index in [2.05, 4.69) is 4.52 Å². The van der Waals surface area contributed by atoms with Gasteiger partial charge in [0.05, 0.1) is 6.04 Å². The third kappa shape index (κ3) is 4.55. The summed E-state index contributed by atoms with van der Waals surface area (Å²) in [4.78, 5) is 27.4. The van der Waals surface area contributed by atoms with Crippen molar-refractivity contribution in [3.8, 4) is 5.75 Å². The largest absolute Gasteiger partial charge is 0.524 e. The van der Waals surface area contributed by atoms with Crippen LogP contribution < -0.4 is 10.3 Å². The van der Waals surface area contributed by atoms with E-state index in [-0.39, 0.29) is 5.75 Å². The van der Waals surface area contributed by atoms with Crippen LogP contribution in [0.4, 0.5) is 0 Å². The Balaban J connectivity index is 2.68. The van der Waals surface area contributed by atoms with E-state index in [0.717, 1.165) is 5.56 Å². The molecule has 0 aliphatic heterocycles. The van der Waals surface area contributed by atoms with Crippen molar-refractivity contribution in [3.05, 3.63) is 29.8 Å². The third-order valence-electron chi connectivity index (χ3n) is 1.79. The number of carbonyl (C=O) groups excluding carboxylic acids is 1. The summed E-state index contributed by atoms with van der Waals surface area (Å²) < 4.78 is 14.9. The first-order chi connectivity index (χ1) is 7.40. The lowest BCUT2D eigenvalue weighted by Gasteiger charge is -2.08. The average Bonchev–Trinajstić information content (AvgIpc) is 2.18. The molecule has 0 aromatic heterocycles. The van der Waals surface area contributed by atoms with Crippen molar-refractivity contribution in [1.82, 2.24) is 0 Å². The highest BCUT2D eigenvalue weighted by Crippen LogP contribution is 2.37. The van der Waals surface area contributed by atoms with Crippen LogP contribution in [0.2, 0.25) is 0 Å². The van der Waals surface area contributed by atoms with Crippen LogP contribution in [-0.2, 0) is 15.8 Å². The van der Waals surface area contributed by atoms with Gasteiger partial charge in [0.15, 0.2) is 0 Å². The Morgan fingerprint density at radius 3 is 2.38 bits per heavy atom. The van der Waals surface area contributed by atoms with Crippen LogP contribution in [0.3, 0.4) is 0 Å². The Labute approximate surface area is 92.3 Å². The normalized spacial score (nSPS) is 13.2. The van der Waals surface area contributed by atoms with E-state index < -0.39 is 13.9 Å². The molecule has 0 heterocycles. The molecule has 0 saturated carbocycles. The molecule has 1 aromatic carbocycles. The summed E-state index contributed by atoms with van der Waals surface area (Å²) >= 11 is 0. The average molecular weight is 245 g/mol. The van der Waals surface area contributed by atoms with Crippen LogP contribution in [0, 0.1) is 0 Å². The van der Waals surface area contributed by atoms with E-state index in [1.165, 1.54) is 12.1 Å². The third-order valence-corrected chi connectivity index (χ3v) is 2.24. The monoisotopic (exact) mass is 245 g/mol. The van der Waals surface area contributed by atoms with E-state index >= 15 is 0 Å². The highest BCUT2D eigenvalue weighted by Gasteiger charge is 2.15. The minimum atomic E-state index is -4.52. The van der Waals surface area contributed by atoms with E-state index in [4.69, 9.17) is 15.5 Å². The van der Waals surface area contributed by atoms with Gasteiger partial charge in [0, 0.05) is 0 Å². The summed E-state index contributed by atoms with van der Waals surface area (Å²) in [6, 6.07) is 5.43. The van der Waals surface area contributed by atoms with Gasteiger partial charge in [-0.05, 0) is 24.1 Å². The van der Waals surface area contributed by atoms with E-state index in [1.54, 1.807) is 12.1 Å². The van der Waals surface area contributed by atoms with Crippen LogP contribution >= 0.6 is 7.82 Å². The lowest BCUT2D eigenvalue weighted by atomic mass is 10.1. The summed E-state index contributed by atoms with van der Waals surface area (Å²) in [7, 11) is -4.52. The zero-order chi connectivity index (χ0) is 12.2. The smallest absolute Gasteiger partial charge is 0.404 e. The summed E-state index contributed by atoms with van der Waals surface area (Å²) in [5, 5.41) is 0. The van der Waals surface area contributed by atoms with Crippen molar-refractivity contribution < 1.29 is 23.7 Å². The minimum Gasteiger partial charge on any atom is -0.404 e. The van der Waals surface area contributed by atoms with Crippen LogP contribution in [0.5, 0.6) is 5.75 Å². The summed E-state index contributed by atoms with van der Waals surface area (Å²) in [5.41, 5.74) is 6.21. The number of nitrogens with two attached hydrogens (primary N) is 1. The topological polar surface area (TPSA) is 110 Å². The minimum absolute atomic E-state index is 0.0664. The van der Waals surface area contributed by atoms with Gasteiger partial charge in [-0.15, -0.1) is 0 Å². The van der Waals surface area contributed by atoms with E-state index in [1.807, 2.05) is 0 Å². The van der Waals surface area contributed by atoms with Gasteiger partial charge in [-0.2, -0.15) is 0 Å². The van der Waals surface area contributed by atoms with Gasteiger partial charge < -0.3 is 15.1 Å². The van der Waals surface area contributed by atoms with Crippen molar-refractivity contribution in [2.24, 2.45) is 5.73 Å². The predicted octanol–water partition coefficient (Wildman–Crippen LogP) is 0.227. The maximum atomic E-state index is 10.5. The quantitative estimate of drug-likeness (QED) is 0.506. The Morgan fingerprint density at radius 2 is 1.94 bits per heavy atom. The molecule has 16 heavy (non-hydrogen) atoms. The van der Waals surface area contributed by atoms with Gasteiger partial charge in [0.2, 0.25) is 0 Å². The highest BCUT2D eigenvalue weighted by molar-refractivity contribution is 7.46. The molecular weight excluding hydrogens is 233 g/mol. The fourth-order valence-corrected chi connectivity index (χ4v) is 1.54. The molecule has 4 N–H and O–H groups in total. The van der Waals surface area contributed by atoms with Gasteiger partial charge in [-0.3, -0.25) is 9.79 Å². The fraction of sp³-hybridized carbons (Fsp3) is 0.222. The second-order valence-electron chi connectivity index (χ2n) is 3.23. The van der Waals surface area contributed by atoms with E-state index in [9.17, 15) is 9.36 Å². The van der Waals surface area contributed by atoms with Gasteiger partial charge in [0.1, 0.15) is 12.0 Å². The maximum absolute atomic E-state index is 10.5. The zero-order valence-electron chi connectivity index (χ0n) is 8.31. The molecule has 1 aromatic rings. The summed E-state index contributed by atoms with van der Waals surface area (Å²) in [6.07, 6.45) is 1.01. The molecule has 88 valence electrons. The summed E-state index contributed by atoms with van der Waals surface area (Å²) in [6.45, 7) is 0. The Morgan fingerprint density at radius 1 is 1.38 bits per heavy atom. The first-order valence-corrected chi connectivity index (χ1v) is 5.99. The number of carbonyl (C=O) groups is 1. The number of hydrogen-bond acceptors (Lipinski definition) is 4. The van der Waals surface area contributed by atoms with Crippen molar-refractivity contribution in [2.45, 2.75) is 12.5 Å². The molecule has 0 radical (unpaired) electrons. The first kappa shape index (κ1) is 12.9. The van der Waals surface area contributed by atoms with Crippen molar-refractivity contribution in [3.63, 3.8) is 0 Å². The number of phosphoric acid groups is 1. The SMILES string of the molecule is N[C@H](C=O)Cc1ccc(OP(=O)(O)O)cc1. The molecule has 0 spiro atoms. The molecule has 1 rings (SSSR count). The number of rotatable bonds is 5. The Hall–Kier alpha value is -1.20. The van der Waals surface area contributed by atoms with Gasteiger partial charge in [-0.1, -0.05) is 12.1 Å². The van der Waals surface area contributed by atoms with Crippen molar-refractivity contribution >= 4 is 14.1 Å². The maximum Gasteiger partial charge on any atom is 0.524 e. The molecule has 6 nitrogen and oxygen atoms in total. The number of aldehydes is 1.